The number of hydrogen-bond acceptors (Lipinski definition) is 0. The zero-order valence-corrected chi connectivity index (χ0v) is 12.0. The topological polar surface area (TPSA) is 0 Å². The average molecular weight is 281 g/mol. The Morgan fingerprint density at radius 2 is 0.875 bits per heavy atom. The molecule has 0 N–H and O–H groups in total. The molecule has 80 valence electrons. The Kier molecular flexibility index (Phi) is 4.24. The van der Waals surface area contributed by atoms with Gasteiger partial charge in [-0.1, -0.05) is 60.7 Å². The zero-order valence-electron chi connectivity index (χ0n) is 8.53. The van der Waals surface area contributed by atoms with E-state index < -0.39 is 15.2 Å². The molecule has 0 aliphatic carbocycles. The summed E-state index contributed by atoms with van der Waals surface area (Å²) in [4.78, 5) is 0. The molecule has 2 rings (SSSR count). The molecule has 0 amide bonds. The van der Waals surface area contributed by atoms with Gasteiger partial charge in [-0.3, -0.25) is 0 Å². The summed E-state index contributed by atoms with van der Waals surface area (Å²) < 4.78 is 0. The molecule has 0 heterocycles. The Morgan fingerprint density at radius 3 is 1.19 bits per heavy atom. The quantitative estimate of drug-likeness (QED) is 0.598. The van der Waals surface area contributed by atoms with E-state index in [0.29, 0.717) is 0 Å². The Balaban J connectivity index is 2.20. The van der Waals surface area contributed by atoms with Crippen LogP contribution in [0.2, 0.25) is 0 Å². The second-order valence-corrected chi connectivity index (χ2v) is 12.9. The van der Waals surface area contributed by atoms with Crippen molar-refractivity contribution in [2.45, 2.75) is 0 Å². The van der Waals surface area contributed by atoms with Crippen molar-refractivity contribution in [3.8, 4) is 0 Å². The summed E-state index contributed by atoms with van der Waals surface area (Å²) in [6.07, 6.45) is 0. The molecule has 0 nitrogen and oxygen atoms in total. The highest BCUT2D eigenvalue weighted by molar-refractivity contribution is 7.63. The van der Waals surface area contributed by atoms with Crippen LogP contribution in [0, 0.1) is 0 Å². The van der Waals surface area contributed by atoms with Crippen molar-refractivity contribution in [3.63, 3.8) is 0 Å². The third kappa shape index (κ3) is 2.77. The van der Waals surface area contributed by atoms with Gasteiger partial charge in [-0.05, 0) is 10.4 Å². The van der Waals surface area contributed by atoms with Gasteiger partial charge in [-0.2, -0.15) is 22.2 Å². The van der Waals surface area contributed by atoms with Crippen LogP contribution < -0.4 is 10.4 Å². The molecule has 0 saturated carbocycles. The Labute approximate surface area is 108 Å². The van der Waals surface area contributed by atoms with Gasteiger partial charge >= 0.3 is 0 Å². The minimum atomic E-state index is -1.16. The van der Waals surface area contributed by atoms with Gasteiger partial charge in [0, 0.05) is 0 Å². The van der Waals surface area contributed by atoms with Crippen LogP contribution in [0.15, 0.2) is 60.7 Å². The van der Waals surface area contributed by atoms with E-state index in [1.807, 2.05) is 36.4 Å². The summed E-state index contributed by atoms with van der Waals surface area (Å²) in [6.45, 7) is 0. The maximum absolute atomic E-state index is 6.51. The molecule has 0 atom stereocenters. The number of benzene rings is 2. The Hall–Kier alpha value is -0.546. The Morgan fingerprint density at radius 1 is 0.562 bits per heavy atom. The van der Waals surface area contributed by atoms with Crippen molar-refractivity contribution in [2.24, 2.45) is 0 Å². The van der Waals surface area contributed by atoms with Crippen molar-refractivity contribution in [3.05, 3.63) is 60.7 Å². The minimum absolute atomic E-state index is 1.16. The van der Waals surface area contributed by atoms with Crippen molar-refractivity contribution in [2.75, 3.05) is 0 Å². The molecule has 0 fully saturated rings. The van der Waals surface area contributed by atoms with Gasteiger partial charge in [0.1, 0.15) is 0 Å². The normalized spacial score (nSPS) is 11.0. The molecule has 0 aliphatic heterocycles. The number of halogens is 2. The van der Waals surface area contributed by atoms with Crippen molar-refractivity contribution < 1.29 is 0 Å². The van der Waals surface area contributed by atoms with Crippen LogP contribution in [0.5, 0.6) is 0 Å². The van der Waals surface area contributed by atoms with Crippen LogP contribution in [-0.4, -0.2) is 15.2 Å². The minimum Gasteiger partial charge on any atom is -0.165 e. The molecule has 4 heteroatoms. The first-order valence-corrected chi connectivity index (χ1v) is 11.0. The standard InChI is InChI=1S/C12H10Cl2Si2/c13-15(11-7-3-1-4-8-11)16(14)12-9-5-2-6-10-12/h1-10H. The van der Waals surface area contributed by atoms with Gasteiger partial charge in [-0.25, -0.2) is 0 Å². The summed E-state index contributed by atoms with van der Waals surface area (Å²) in [7, 11) is -2.32. The summed E-state index contributed by atoms with van der Waals surface area (Å²) in [6, 6.07) is 20.3. The van der Waals surface area contributed by atoms with Crippen LogP contribution in [0.3, 0.4) is 0 Å². The molecule has 2 aromatic carbocycles. The fourth-order valence-corrected chi connectivity index (χ4v) is 8.14. The van der Waals surface area contributed by atoms with Gasteiger partial charge in [0.2, 0.25) is 15.2 Å². The summed E-state index contributed by atoms with van der Waals surface area (Å²) in [5, 5.41) is 2.39. The lowest BCUT2D eigenvalue weighted by atomic mass is 10.4. The van der Waals surface area contributed by atoms with E-state index >= 15 is 0 Å². The Bertz CT molecular complexity index is 390. The fraction of sp³-hybridized carbons (Fsp3) is 0. The van der Waals surface area contributed by atoms with E-state index in [4.69, 9.17) is 22.2 Å². The lowest BCUT2D eigenvalue weighted by Gasteiger charge is -2.12. The predicted octanol–water partition coefficient (Wildman–Crippen LogP) is 2.34. The van der Waals surface area contributed by atoms with Crippen LogP contribution in [-0.2, 0) is 0 Å². The van der Waals surface area contributed by atoms with Gasteiger partial charge in [0.05, 0.1) is 0 Å². The SMILES string of the molecule is Cl[Si](c1ccccc1)[Si](Cl)c1ccccc1. The van der Waals surface area contributed by atoms with Crippen LogP contribution in [0.4, 0.5) is 0 Å². The number of hydrogen-bond donors (Lipinski definition) is 0. The molecule has 0 saturated heterocycles. The highest BCUT2D eigenvalue weighted by Gasteiger charge is 2.26. The second-order valence-electron chi connectivity index (χ2n) is 3.36. The lowest BCUT2D eigenvalue weighted by molar-refractivity contribution is 1.76. The highest BCUT2D eigenvalue weighted by Crippen LogP contribution is 2.03. The summed E-state index contributed by atoms with van der Waals surface area (Å²) in [5.41, 5.74) is 0. The van der Waals surface area contributed by atoms with Crippen LogP contribution >= 0.6 is 22.2 Å². The largest absolute Gasteiger partial charge is 0.210 e. The van der Waals surface area contributed by atoms with E-state index in [1.54, 1.807) is 0 Å². The van der Waals surface area contributed by atoms with E-state index in [9.17, 15) is 0 Å². The van der Waals surface area contributed by atoms with Crippen molar-refractivity contribution in [1.29, 1.82) is 0 Å². The molecule has 2 aromatic rings. The van der Waals surface area contributed by atoms with Crippen molar-refractivity contribution in [1.82, 2.24) is 0 Å². The van der Waals surface area contributed by atoms with Gasteiger partial charge < -0.3 is 0 Å². The third-order valence-electron chi connectivity index (χ3n) is 2.25. The summed E-state index contributed by atoms with van der Waals surface area (Å²) in [5.74, 6) is 0. The summed E-state index contributed by atoms with van der Waals surface area (Å²) >= 11 is 13.0. The molecular formula is C12H10Cl2Si2. The van der Waals surface area contributed by atoms with E-state index in [-0.39, 0.29) is 0 Å². The van der Waals surface area contributed by atoms with E-state index in [1.165, 1.54) is 10.4 Å². The molecule has 0 bridgehead atoms. The second kappa shape index (κ2) is 5.68. The van der Waals surface area contributed by atoms with E-state index in [0.717, 1.165) is 0 Å². The van der Waals surface area contributed by atoms with Crippen molar-refractivity contribution >= 4 is 47.8 Å². The highest BCUT2D eigenvalue weighted by atomic mass is 35.6. The van der Waals surface area contributed by atoms with Crippen LogP contribution in [0.25, 0.3) is 0 Å². The molecule has 0 aromatic heterocycles. The fourth-order valence-electron chi connectivity index (χ4n) is 1.42. The predicted molar refractivity (Wildman–Crippen MR) is 75.4 cm³/mol. The first-order chi connectivity index (χ1) is 7.79. The lowest BCUT2D eigenvalue weighted by Crippen LogP contribution is -2.45. The third-order valence-corrected chi connectivity index (χ3v) is 12.8. The molecule has 0 aliphatic rings. The first-order valence-electron chi connectivity index (χ1n) is 4.95. The van der Waals surface area contributed by atoms with E-state index in [2.05, 4.69) is 24.3 Å². The molecule has 2 radical (unpaired) electrons. The van der Waals surface area contributed by atoms with Crippen LogP contribution in [0.1, 0.15) is 0 Å². The molecule has 0 unspecified atom stereocenters. The molecular weight excluding hydrogens is 271 g/mol. The maximum atomic E-state index is 6.51. The van der Waals surface area contributed by atoms with Gasteiger partial charge in [0.15, 0.2) is 0 Å². The monoisotopic (exact) mass is 280 g/mol. The number of rotatable bonds is 3. The van der Waals surface area contributed by atoms with Gasteiger partial charge in [-0.15, -0.1) is 0 Å². The average Bonchev–Trinajstić information content (AvgIpc) is 2.39. The first kappa shape index (κ1) is 11.9. The van der Waals surface area contributed by atoms with Gasteiger partial charge in [0.25, 0.3) is 0 Å². The zero-order chi connectivity index (χ0) is 11.4. The molecule has 16 heavy (non-hydrogen) atoms. The molecule has 0 spiro atoms. The smallest absolute Gasteiger partial charge is 0.165 e. The maximum Gasteiger partial charge on any atom is 0.210 e.